The molecule has 1 fully saturated rings. The smallest absolute Gasteiger partial charge is 0.240 e. The van der Waals surface area contributed by atoms with Crippen LogP contribution in [0.4, 0.5) is 0 Å². The standard InChI is InChI=1S/C15H24N2O2S.ClH/c1-3-12(2)13-5-7-14(8-6-13)20(18,19)17-11-15(16)9-4-10-15;/h5-8,12,17H,3-4,9-11,16H2,1-2H3;1H. The van der Waals surface area contributed by atoms with Gasteiger partial charge in [-0.05, 0) is 49.3 Å². The second-order valence-electron chi connectivity index (χ2n) is 5.92. The zero-order valence-electron chi connectivity index (χ0n) is 12.6. The van der Waals surface area contributed by atoms with Gasteiger partial charge in [0, 0.05) is 12.1 Å². The summed E-state index contributed by atoms with van der Waals surface area (Å²) in [5.41, 5.74) is 6.87. The summed E-state index contributed by atoms with van der Waals surface area (Å²) >= 11 is 0. The molecule has 0 aliphatic heterocycles. The Bertz CT molecular complexity index is 554. The summed E-state index contributed by atoms with van der Waals surface area (Å²) in [6.45, 7) is 4.58. The van der Waals surface area contributed by atoms with Crippen LogP contribution in [0.2, 0.25) is 0 Å². The molecule has 2 rings (SSSR count). The van der Waals surface area contributed by atoms with Crippen molar-refractivity contribution in [3.05, 3.63) is 29.8 Å². The highest BCUT2D eigenvalue weighted by molar-refractivity contribution is 7.89. The highest BCUT2D eigenvalue weighted by Gasteiger charge is 2.33. The largest absolute Gasteiger partial charge is 0.324 e. The molecular weight excluding hydrogens is 308 g/mol. The van der Waals surface area contributed by atoms with Crippen molar-refractivity contribution in [3.63, 3.8) is 0 Å². The van der Waals surface area contributed by atoms with Crippen LogP contribution in [0.3, 0.4) is 0 Å². The third kappa shape index (κ3) is 4.42. The molecule has 0 aromatic heterocycles. The van der Waals surface area contributed by atoms with Crippen molar-refractivity contribution in [3.8, 4) is 0 Å². The monoisotopic (exact) mass is 332 g/mol. The van der Waals surface area contributed by atoms with E-state index in [0.29, 0.717) is 17.4 Å². The van der Waals surface area contributed by atoms with Crippen molar-refractivity contribution >= 4 is 22.4 Å². The molecule has 1 aromatic rings. The molecule has 1 aliphatic rings. The second-order valence-corrected chi connectivity index (χ2v) is 7.69. The van der Waals surface area contributed by atoms with Crippen molar-refractivity contribution in [1.82, 2.24) is 4.72 Å². The van der Waals surface area contributed by atoms with Crippen LogP contribution in [-0.2, 0) is 10.0 Å². The maximum absolute atomic E-state index is 12.2. The Morgan fingerprint density at radius 2 is 1.86 bits per heavy atom. The molecule has 0 spiro atoms. The van der Waals surface area contributed by atoms with Crippen LogP contribution in [0.15, 0.2) is 29.2 Å². The fourth-order valence-corrected chi connectivity index (χ4v) is 3.48. The Morgan fingerprint density at radius 1 is 1.29 bits per heavy atom. The molecule has 0 heterocycles. The predicted molar refractivity (Wildman–Crippen MR) is 88.4 cm³/mol. The number of hydrogen-bond acceptors (Lipinski definition) is 3. The van der Waals surface area contributed by atoms with Crippen LogP contribution >= 0.6 is 12.4 Å². The van der Waals surface area contributed by atoms with E-state index in [1.165, 1.54) is 5.56 Å². The van der Waals surface area contributed by atoms with Gasteiger partial charge in [0.2, 0.25) is 10.0 Å². The first kappa shape index (κ1) is 18.4. The van der Waals surface area contributed by atoms with E-state index in [4.69, 9.17) is 5.73 Å². The lowest BCUT2D eigenvalue weighted by molar-refractivity contribution is 0.251. The number of nitrogens with two attached hydrogens (primary N) is 1. The Hall–Kier alpha value is -0.620. The Balaban J connectivity index is 0.00000220. The van der Waals surface area contributed by atoms with Gasteiger partial charge in [-0.25, -0.2) is 13.1 Å². The lowest BCUT2D eigenvalue weighted by Gasteiger charge is -2.38. The number of nitrogens with one attached hydrogen (secondary N) is 1. The summed E-state index contributed by atoms with van der Waals surface area (Å²) in [5, 5.41) is 0. The van der Waals surface area contributed by atoms with Gasteiger partial charge in [-0.2, -0.15) is 0 Å². The lowest BCUT2D eigenvalue weighted by atomic mass is 9.78. The molecule has 1 saturated carbocycles. The SMILES string of the molecule is CCC(C)c1ccc(S(=O)(=O)NCC2(N)CCC2)cc1.Cl. The molecule has 4 nitrogen and oxygen atoms in total. The quantitative estimate of drug-likeness (QED) is 0.841. The summed E-state index contributed by atoms with van der Waals surface area (Å²) in [7, 11) is -3.45. The maximum atomic E-state index is 12.2. The molecule has 3 N–H and O–H groups in total. The van der Waals surface area contributed by atoms with Crippen LogP contribution in [0.1, 0.15) is 51.0 Å². The van der Waals surface area contributed by atoms with E-state index in [0.717, 1.165) is 25.7 Å². The lowest BCUT2D eigenvalue weighted by Crippen LogP contribution is -2.54. The molecule has 1 unspecified atom stereocenters. The number of sulfonamides is 1. The minimum Gasteiger partial charge on any atom is -0.324 e. The van der Waals surface area contributed by atoms with Gasteiger partial charge < -0.3 is 5.73 Å². The molecule has 6 heteroatoms. The molecule has 21 heavy (non-hydrogen) atoms. The molecule has 1 aromatic carbocycles. The topological polar surface area (TPSA) is 72.2 Å². The van der Waals surface area contributed by atoms with Crippen molar-refractivity contribution in [2.24, 2.45) is 5.73 Å². The maximum Gasteiger partial charge on any atom is 0.240 e. The molecular formula is C15H25ClN2O2S. The first-order chi connectivity index (χ1) is 9.36. The zero-order valence-corrected chi connectivity index (χ0v) is 14.3. The van der Waals surface area contributed by atoms with E-state index in [1.54, 1.807) is 12.1 Å². The van der Waals surface area contributed by atoms with Gasteiger partial charge in [-0.3, -0.25) is 0 Å². The van der Waals surface area contributed by atoms with Crippen LogP contribution in [-0.4, -0.2) is 20.5 Å². The Morgan fingerprint density at radius 3 is 2.29 bits per heavy atom. The highest BCUT2D eigenvalue weighted by atomic mass is 35.5. The highest BCUT2D eigenvalue weighted by Crippen LogP contribution is 2.28. The molecule has 120 valence electrons. The Labute approximate surface area is 134 Å². The summed E-state index contributed by atoms with van der Waals surface area (Å²) < 4.78 is 27.0. The molecule has 0 amide bonds. The number of halogens is 1. The third-order valence-corrected chi connectivity index (χ3v) is 5.75. The normalized spacial score (nSPS) is 18.4. The average Bonchev–Trinajstić information content (AvgIpc) is 2.42. The first-order valence-electron chi connectivity index (χ1n) is 7.25. The van der Waals surface area contributed by atoms with Gasteiger partial charge in [-0.1, -0.05) is 26.0 Å². The average molecular weight is 333 g/mol. The van der Waals surface area contributed by atoms with E-state index < -0.39 is 10.0 Å². The van der Waals surface area contributed by atoms with E-state index in [-0.39, 0.29) is 17.9 Å². The van der Waals surface area contributed by atoms with Crippen LogP contribution in [0.5, 0.6) is 0 Å². The minimum absolute atomic E-state index is 0. The van der Waals surface area contributed by atoms with E-state index >= 15 is 0 Å². The molecule has 0 radical (unpaired) electrons. The second kappa shape index (κ2) is 7.09. The number of benzene rings is 1. The molecule has 1 atom stereocenters. The summed E-state index contributed by atoms with van der Waals surface area (Å²) in [4.78, 5) is 0.312. The van der Waals surface area contributed by atoms with Crippen LogP contribution < -0.4 is 10.5 Å². The van der Waals surface area contributed by atoms with Gasteiger partial charge >= 0.3 is 0 Å². The zero-order chi connectivity index (χ0) is 14.8. The van der Waals surface area contributed by atoms with E-state index in [2.05, 4.69) is 18.6 Å². The number of rotatable bonds is 6. The minimum atomic E-state index is -3.45. The van der Waals surface area contributed by atoms with Crippen molar-refractivity contribution in [2.75, 3.05) is 6.54 Å². The number of hydrogen-bond donors (Lipinski definition) is 2. The van der Waals surface area contributed by atoms with Gasteiger partial charge in [0.25, 0.3) is 0 Å². The van der Waals surface area contributed by atoms with Crippen molar-refractivity contribution < 1.29 is 8.42 Å². The van der Waals surface area contributed by atoms with Gasteiger partial charge in [-0.15, -0.1) is 12.4 Å². The summed E-state index contributed by atoms with van der Waals surface area (Å²) in [5.74, 6) is 0.446. The molecule has 0 bridgehead atoms. The molecule has 0 saturated heterocycles. The third-order valence-electron chi connectivity index (χ3n) is 4.34. The molecule has 1 aliphatic carbocycles. The van der Waals surface area contributed by atoms with Crippen molar-refractivity contribution in [2.45, 2.75) is 55.9 Å². The van der Waals surface area contributed by atoms with Crippen molar-refractivity contribution in [1.29, 1.82) is 0 Å². The summed E-state index contributed by atoms with van der Waals surface area (Å²) in [6, 6.07) is 7.14. The fraction of sp³-hybridized carbons (Fsp3) is 0.600. The first-order valence-corrected chi connectivity index (χ1v) is 8.73. The van der Waals surface area contributed by atoms with Crippen LogP contribution in [0, 0.1) is 0 Å². The fourth-order valence-electron chi connectivity index (χ4n) is 2.34. The van der Waals surface area contributed by atoms with E-state index in [1.807, 2.05) is 12.1 Å². The Kier molecular flexibility index (Phi) is 6.23. The van der Waals surface area contributed by atoms with Crippen LogP contribution in [0.25, 0.3) is 0 Å². The van der Waals surface area contributed by atoms with Gasteiger partial charge in [0.1, 0.15) is 0 Å². The predicted octanol–water partition coefficient (Wildman–Crippen LogP) is 2.78. The van der Waals surface area contributed by atoms with Gasteiger partial charge in [0.05, 0.1) is 4.90 Å². The summed E-state index contributed by atoms with van der Waals surface area (Å²) in [6.07, 6.45) is 3.91. The van der Waals surface area contributed by atoms with E-state index in [9.17, 15) is 8.42 Å². The van der Waals surface area contributed by atoms with Gasteiger partial charge in [0.15, 0.2) is 0 Å².